The van der Waals surface area contributed by atoms with Gasteiger partial charge in [0, 0.05) is 17.4 Å². The zero-order valence-electron chi connectivity index (χ0n) is 16.3. The van der Waals surface area contributed by atoms with E-state index in [-0.39, 0.29) is 17.3 Å². The van der Waals surface area contributed by atoms with Gasteiger partial charge in [-0.2, -0.15) is 4.98 Å². The van der Waals surface area contributed by atoms with Crippen molar-refractivity contribution in [1.82, 2.24) is 19.2 Å². The highest BCUT2D eigenvalue weighted by atomic mass is 19.1. The van der Waals surface area contributed by atoms with Crippen molar-refractivity contribution in [1.29, 1.82) is 0 Å². The van der Waals surface area contributed by atoms with Gasteiger partial charge in [0.05, 0.1) is 13.7 Å². The third-order valence-electron chi connectivity index (χ3n) is 4.68. The van der Waals surface area contributed by atoms with Gasteiger partial charge < -0.3 is 10.1 Å². The van der Waals surface area contributed by atoms with Crippen LogP contribution in [0.4, 0.5) is 15.9 Å². The molecule has 0 aliphatic rings. The molecule has 2 heterocycles. The molecule has 2 aromatic heterocycles. The molecule has 0 saturated carbocycles. The number of fused-ring (bicyclic) bond motifs is 1. The Hall–Kier alpha value is -3.68. The number of rotatable bonds is 5. The van der Waals surface area contributed by atoms with Gasteiger partial charge in [-0.05, 0) is 49.2 Å². The molecule has 148 valence electrons. The number of ether oxygens (including phenoxy) is 1. The Kier molecular flexibility index (Phi) is 4.75. The first-order valence-electron chi connectivity index (χ1n) is 9.08. The lowest BCUT2D eigenvalue weighted by molar-refractivity contribution is 0.414. The van der Waals surface area contributed by atoms with Crippen molar-refractivity contribution in [3.05, 3.63) is 81.7 Å². The van der Waals surface area contributed by atoms with Gasteiger partial charge in [-0.3, -0.25) is 0 Å². The third kappa shape index (κ3) is 3.69. The standard InChI is InChI=1S/C21H20FN5O2/c1-13-4-7-16(11-18(13)22)23-19-10-14(2)27-20(24-19)25-26(21(27)28)12-15-5-8-17(29-3)9-6-15/h4-11H,12H2,1-3H3,(H,23,24,25). The van der Waals surface area contributed by atoms with Crippen LogP contribution in [0, 0.1) is 19.7 Å². The van der Waals surface area contributed by atoms with Gasteiger partial charge in [-0.25, -0.2) is 18.3 Å². The van der Waals surface area contributed by atoms with Crippen LogP contribution in [0.2, 0.25) is 0 Å². The van der Waals surface area contributed by atoms with E-state index in [9.17, 15) is 9.18 Å². The number of nitrogens with one attached hydrogen (secondary N) is 1. The number of methoxy groups -OCH3 is 1. The monoisotopic (exact) mass is 393 g/mol. The number of hydrogen-bond donors (Lipinski definition) is 1. The summed E-state index contributed by atoms with van der Waals surface area (Å²) in [5, 5.41) is 7.42. The fourth-order valence-electron chi connectivity index (χ4n) is 3.07. The Labute approximate surface area is 166 Å². The van der Waals surface area contributed by atoms with E-state index in [0.717, 1.165) is 11.3 Å². The van der Waals surface area contributed by atoms with E-state index in [2.05, 4.69) is 15.4 Å². The van der Waals surface area contributed by atoms with Gasteiger partial charge in [0.1, 0.15) is 17.4 Å². The molecule has 0 atom stereocenters. The minimum absolute atomic E-state index is 0.270. The summed E-state index contributed by atoms with van der Waals surface area (Å²) in [6, 6.07) is 14.0. The molecule has 2 aromatic carbocycles. The quantitative estimate of drug-likeness (QED) is 0.562. The van der Waals surface area contributed by atoms with E-state index < -0.39 is 0 Å². The third-order valence-corrected chi connectivity index (χ3v) is 4.68. The molecule has 0 unspecified atom stereocenters. The van der Waals surface area contributed by atoms with Crippen LogP contribution < -0.4 is 15.7 Å². The predicted octanol–water partition coefficient (Wildman–Crippen LogP) is 3.45. The van der Waals surface area contributed by atoms with Gasteiger partial charge in [-0.15, -0.1) is 5.10 Å². The lowest BCUT2D eigenvalue weighted by Gasteiger charge is -2.08. The summed E-state index contributed by atoms with van der Waals surface area (Å²) in [5.74, 6) is 1.21. The topological polar surface area (TPSA) is 73.4 Å². The highest BCUT2D eigenvalue weighted by Gasteiger charge is 2.13. The van der Waals surface area contributed by atoms with Crippen molar-refractivity contribution in [3.63, 3.8) is 0 Å². The van der Waals surface area contributed by atoms with Gasteiger partial charge in [0.15, 0.2) is 0 Å². The SMILES string of the molecule is COc1ccc(Cn2nc3nc(Nc4ccc(C)c(F)c4)cc(C)n3c2=O)cc1. The number of halogens is 1. The number of anilines is 2. The van der Waals surface area contributed by atoms with Crippen molar-refractivity contribution >= 4 is 17.3 Å². The van der Waals surface area contributed by atoms with E-state index in [1.165, 1.54) is 15.1 Å². The molecule has 0 bridgehead atoms. The maximum absolute atomic E-state index is 13.8. The minimum atomic E-state index is -0.298. The molecular weight excluding hydrogens is 373 g/mol. The highest BCUT2D eigenvalue weighted by molar-refractivity contribution is 5.58. The summed E-state index contributed by atoms with van der Waals surface area (Å²) in [5.41, 5.74) is 2.47. The molecule has 4 aromatic rings. The van der Waals surface area contributed by atoms with Crippen molar-refractivity contribution in [2.45, 2.75) is 20.4 Å². The summed E-state index contributed by atoms with van der Waals surface area (Å²) in [6.07, 6.45) is 0. The van der Waals surface area contributed by atoms with Crippen LogP contribution in [0.25, 0.3) is 5.78 Å². The van der Waals surface area contributed by atoms with Crippen LogP contribution >= 0.6 is 0 Å². The fourth-order valence-corrected chi connectivity index (χ4v) is 3.07. The first-order valence-corrected chi connectivity index (χ1v) is 9.08. The molecule has 0 aliphatic carbocycles. The Morgan fingerprint density at radius 2 is 1.86 bits per heavy atom. The molecule has 1 N–H and O–H groups in total. The van der Waals surface area contributed by atoms with Gasteiger partial charge in [0.2, 0.25) is 0 Å². The van der Waals surface area contributed by atoms with Crippen LogP contribution in [0.1, 0.15) is 16.8 Å². The van der Waals surface area contributed by atoms with Crippen LogP contribution in [0.3, 0.4) is 0 Å². The number of hydrogen-bond acceptors (Lipinski definition) is 5. The van der Waals surface area contributed by atoms with Crippen molar-refractivity contribution in [3.8, 4) is 5.75 Å². The number of benzene rings is 2. The van der Waals surface area contributed by atoms with Crippen LogP contribution in [-0.4, -0.2) is 26.3 Å². The zero-order valence-corrected chi connectivity index (χ0v) is 16.3. The van der Waals surface area contributed by atoms with Gasteiger partial charge >= 0.3 is 5.69 Å². The Balaban J connectivity index is 1.66. The largest absolute Gasteiger partial charge is 0.497 e. The molecule has 7 nitrogen and oxygen atoms in total. The lowest BCUT2D eigenvalue weighted by Crippen LogP contribution is -2.22. The molecule has 0 radical (unpaired) electrons. The summed E-state index contributed by atoms with van der Waals surface area (Å²) in [4.78, 5) is 17.2. The maximum atomic E-state index is 13.8. The maximum Gasteiger partial charge on any atom is 0.352 e. The van der Waals surface area contributed by atoms with Crippen LogP contribution in [0.15, 0.2) is 53.3 Å². The lowest BCUT2D eigenvalue weighted by atomic mass is 10.2. The molecule has 4 rings (SSSR count). The highest BCUT2D eigenvalue weighted by Crippen LogP contribution is 2.19. The predicted molar refractivity (Wildman–Crippen MR) is 108 cm³/mol. The number of nitrogens with zero attached hydrogens (tertiary/aromatic N) is 4. The van der Waals surface area contributed by atoms with Crippen molar-refractivity contribution < 1.29 is 9.13 Å². The van der Waals surface area contributed by atoms with Crippen LogP contribution in [-0.2, 0) is 6.54 Å². The summed E-state index contributed by atoms with van der Waals surface area (Å²) >= 11 is 0. The zero-order chi connectivity index (χ0) is 20.5. The summed E-state index contributed by atoms with van der Waals surface area (Å²) < 4.78 is 21.8. The van der Waals surface area contributed by atoms with Gasteiger partial charge in [0.25, 0.3) is 5.78 Å². The first-order chi connectivity index (χ1) is 13.9. The average Bonchev–Trinajstić information content (AvgIpc) is 3.01. The second kappa shape index (κ2) is 7.38. The number of aryl methyl sites for hydroxylation is 2. The van der Waals surface area contributed by atoms with E-state index >= 15 is 0 Å². The fraction of sp³-hybridized carbons (Fsp3) is 0.190. The van der Waals surface area contributed by atoms with E-state index in [1.807, 2.05) is 24.3 Å². The van der Waals surface area contributed by atoms with E-state index in [1.54, 1.807) is 39.2 Å². The Morgan fingerprint density at radius 3 is 2.55 bits per heavy atom. The Morgan fingerprint density at radius 1 is 1.10 bits per heavy atom. The Bertz CT molecular complexity index is 1240. The second-order valence-electron chi connectivity index (χ2n) is 6.80. The summed E-state index contributed by atoms with van der Waals surface area (Å²) in [6.45, 7) is 3.82. The molecule has 29 heavy (non-hydrogen) atoms. The van der Waals surface area contributed by atoms with Crippen LogP contribution in [0.5, 0.6) is 5.75 Å². The van der Waals surface area contributed by atoms with E-state index in [4.69, 9.17) is 4.74 Å². The number of aromatic nitrogens is 4. The first kappa shape index (κ1) is 18.7. The molecular formula is C21H20FN5O2. The van der Waals surface area contributed by atoms with E-state index in [0.29, 0.717) is 29.3 Å². The van der Waals surface area contributed by atoms with Gasteiger partial charge in [-0.1, -0.05) is 18.2 Å². The van der Waals surface area contributed by atoms with Crippen molar-refractivity contribution in [2.75, 3.05) is 12.4 Å². The molecule has 0 spiro atoms. The molecule has 0 saturated heterocycles. The summed E-state index contributed by atoms with van der Waals surface area (Å²) in [7, 11) is 1.60. The molecule has 0 aliphatic heterocycles. The second-order valence-corrected chi connectivity index (χ2v) is 6.80. The normalized spacial score (nSPS) is 11.0. The smallest absolute Gasteiger partial charge is 0.352 e. The molecule has 0 fully saturated rings. The minimum Gasteiger partial charge on any atom is -0.497 e. The average molecular weight is 393 g/mol. The molecule has 8 heteroatoms. The molecule has 0 amide bonds. The van der Waals surface area contributed by atoms with Crippen molar-refractivity contribution in [2.24, 2.45) is 0 Å².